The van der Waals surface area contributed by atoms with E-state index in [1.54, 1.807) is 23.1 Å². The number of benzene rings is 1. The van der Waals surface area contributed by atoms with Gasteiger partial charge in [-0.25, -0.2) is 0 Å². The molecule has 0 saturated carbocycles. The molecule has 19 heavy (non-hydrogen) atoms. The summed E-state index contributed by atoms with van der Waals surface area (Å²) in [7, 11) is 1.83. The number of nitrogens with zero attached hydrogens (tertiary/aromatic N) is 1. The van der Waals surface area contributed by atoms with Crippen LogP contribution in [-0.4, -0.2) is 37.0 Å². The molecule has 3 nitrogen and oxygen atoms in total. The van der Waals surface area contributed by atoms with Crippen molar-refractivity contribution in [3.05, 3.63) is 33.8 Å². The summed E-state index contributed by atoms with van der Waals surface area (Å²) in [5.41, 5.74) is 0.477. The van der Waals surface area contributed by atoms with E-state index in [0.717, 1.165) is 25.9 Å². The summed E-state index contributed by atoms with van der Waals surface area (Å²) in [6.07, 6.45) is 1.95. The Morgan fingerprint density at radius 1 is 1.32 bits per heavy atom. The maximum Gasteiger partial charge on any atom is 0.255 e. The Kier molecular flexibility index (Phi) is 6.40. The van der Waals surface area contributed by atoms with Crippen LogP contribution in [0.4, 0.5) is 0 Å². The Hall–Kier alpha value is -0.480. The second-order valence-corrected chi connectivity index (χ2v) is 5.37. The third kappa shape index (κ3) is 3.99. The molecule has 1 aromatic carbocycles. The zero-order valence-corrected chi connectivity index (χ0v) is 13.0. The third-order valence-electron chi connectivity index (χ3n) is 3.34. The lowest BCUT2D eigenvalue weighted by Gasteiger charge is -2.31. The molecule has 1 aromatic rings. The fourth-order valence-electron chi connectivity index (χ4n) is 2.21. The molecule has 0 spiro atoms. The highest BCUT2D eigenvalue weighted by Crippen LogP contribution is 2.23. The van der Waals surface area contributed by atoms with Crippen LogP contribution in [0, 0.1) is 0 Å². The van der Waals surface area contributed by atoms with Gasteiger partial charge in [0.05, 0.1) is 10.6 Å². The maximum atomic E-state index is 12.4. The van der Waals surface area contributed by atoms with E-state index in [0.29, 0.717) is 15.6 Å². The van der Waals surface area contributed by atoms with Crippen LogP contribution in [0.5, 0.6) is 0 Å². The van der Waals surface area contributed by atoms with Crippen molar-refractivity contribution in [1.29, 1.82) is 0 Å². The minimum atomic E-state index is -0.0607. The molecule has 6 heteroatoms. The zero-order valence-electron chi connectivity index (χ0n) is 10.7. The van der Waals surface area contributed by atoms with Crippen LogP contribution in [0.15, 0.2) is 18.2 Å². The molecule has 0 atom stereocenters. The minimum Gasteiger partial charge on any atom is -0.339 e. The smallest absolute Gasteiger partial charge is 0.255 e. The molecule has 1 aliphatic heterocycles. The first kappa shape index (κ1) is 16.6. The largest absolute Gasteiger partial charge is 0.339 e. The molecular formula is C13H17Cl3N2O. The van der Waals surface area contributed by atoms with Crippen LogP contribution in [0.1, 0.15) is 23.2 Å². The van der Waals surface area contributed by atoms with Crippen molar-refractivity contribution in [1.82, 2.24) is 10.2 Å². The first-order chi connectivity index (χ1) is 8.59. The molecule has 1 saturated heterocycles. The molecule has 1 aliphatic rings. The minimum absolute atomic E-state index is 0. The summed E-state index contributed by atoms with van der Waals surface area (Å²) in [6.45, 7) is 1.90. The number of rotatable bonds is 2. The van der Waals surface area contributed by atoms with E-state index in [-0.39, 0.29) is 24.4 Å². The molecule has 0 aromatic heterocycles. The highest BCUT2D eigenvalue weighted by Gasteiger charge is 2.24. The molecule has 0 bridgehead atoms. The van der Waals surface area contributed by atoms with Gasteiger partial charge in [-0.05, 0) is 44.1 Å². The van der Waals surface area contributed by atoms with E-state index >= 15 is 0 Å². The van der Waals surface area contributed by atoms with Crippen LogP contribution in [0.3, 0.4) is 0 Å². The number of amides is 1. The van der Waals surface area contributed by atoms with E-state index in [4.69, 9.17) is 23.2 Å². The van der Waals surface area contributed by atoms with E-state index in [1.165, 1.54) is 0 Å². The lowest BCUT2D eigenvalue weighted by molar-refractivity contribution is 0.0703. The van der Waals surface area contributed by atoms with Gasteiger partial charge in [-0.3, -0.25) is 4.79 Å². The number of hydrogen-bond acceptors (Lipinski definition) is 2. The van der Waals surface area contributed by atoms with Crippen molar-refractivity contribution in [3.8, 4) is 0 Å². The summed E-state index contributed by atoms with van der Waals surface area (Å²) in [5.74, 6) is -0.0607. The first-order valence-electron chi connectivity index (χ1n) is 6.02. The molecular weight excluding hydrogens is 307 g/mol. The van der Waals surface area contributed by atoms with Crippen LogP contribution < -0.4 is 5.32 Å². The number of carbonyl (C=O) groups is 1. The molecule has 1 N–H and O–H groups in total. The summed E-state index contributed by atoms with van der Waals surface area (Å²) in [6, 6.07) is 5.25. The molecule has 0 radical (unpaired) electrons. The predicted octanol–water partition coefficient (Wildman–Crippen LogP) is 3.24. The monoisotopic (exact) mass is 322 g/mol. The van der Waals surface area contributed by atoms with Gasteiger partial charge < -0.3 is 10.2 Å². The van der Waals surface area contributed by atoms with Crippen molar-refractivity contribution in [2.45, 2.75) is 18.9 Å². The highest BCUT2D eigenvalue weighted by molar-refractivity contribution is 6.35. The average Bonchev–Trinajstić information content (AvgIpc) is 2.41. The predicted molar refractivity (Wildman–Crippen MR) is 81.7 cm³/mol. The van der Waals surface area contributed by atoms with Crippen molar-refractivity contribution in [2.24, 2.45) is 0 Å². The van der Waals surface area contributed by atoms with Crippen LogP contribution in [-0.2, 0) is 0 Å². The van der Waals surface area contributed by atoms with E-state index in [9.17, 15) is 4.79 Å². The van der Waals surface area contributed by atoms with Gasteiger partial charge in [0.15, 0.2) is 0 Å². The molecule has 2 rings (SSSR count). The van der Waals surface area contributed by atoms with Crippen molar-refractivity contribution in [3.63, 3.8) is 0 Å². The Labute approximate surface area is 129 Å². The number of nitrogens with one attached hydrogen (secondary N) is 1. The fourth-order valence-corrected chi connectivity index (χ4v) is 2.58. The molecule has 1 heterocycles. The Morgan fingerprint density at radius 3 is 2.58 bits per heavy atom. The topological polar surface area (TPSA) is 32.3 Å². The second-order valence-electron chi connectivity index (χ2n) is 4.52. The lowest BCUT2D eigenvalue weighted by atomic mass is 10.0. The summed E-state index contributed by atoms with van der Waals surface area (Å²) in [4.78, 5) is 14.2. The lowest BCUT2D eigenvalue weighted by Crippen LogP contribution is -2.44. The highest BCUT2D eigenvalue weighted by atomic mass is 35.5. The molecule has 1 fully saturated rings. The van der Waals surface area contributed by atoms with Gasteiger partial charge >= 0.3 is 0 Å². The number of hydrogen-bond donors (Lipinski definition) is 1. The molecule has 0 aliphatic carbocycles. The average molecular weight is 324 g/mol. The third-order valence-corrected chi connectivity index (χ3v) is 3.90. The van der Waals surface area contributed by atoms with Gasteiger partial charge in [-0.2, -0.15) is 0 Å². The summed E-state index contributed by atoms with van der Waals surface area (Å²) >= 11 is 12.0. The molecule has 0 unspecified atom stereocenters. The number of carbonyl (C=O) groups excluding carboxylic acids is 1. The first-order valence-corrected chi connectivity index (χ1v) is 6.78. The van der Waals surface area contributed by atoms with Crippen LogP contribution in [0.2, 0.25) is 10.0 Å². The van der Waals surface area contributed by atoms with Gasteiger partial charge in [-0.15, -0.1) is 12.4 Å². The number of halogens is 3. The zero-order chi connectivity index (χ0) is 13.1. The van der Waals surface area contributed by atoms with Gasteiger partial charge in [-0.1, -0.05) is 23.2 Å². The van der Waals surface area contributed by atoms with Crippen LogP contribution >= 0.6 is 35.6 Å². The standard InChI is InChI=1S/C13H16Cl2N2O.ClH/c1-17(10-4-6-16-7-5-10)13(18)11-8-9(14)2-3-12(11)15;/h2-3,8,10,16H,4-7H2,1H3;1H. The van der Waals surface area contributed by atoms with Gasteiger partial charge in [0.25, 0.3) is 5.91 Å². The summed E-state index contributed by atoms with van der Waals surface area (Å²) in [5, 5.41) is 4.26. The van der Waals surface area contributed by atoms with Gasteiger partial charge in [0.1, 0.15) is 0 Å². The molecule has 1 amide bonds. The number of piperidine rings is 1. The summed E-state index contributed by atoms with van der Waals surface area (Å²) < 4.78 is 0. The van der Waals surface area contributed by atoms with Crippen molar-refractivity contribution >= 4 is 41.5 Å². The molecule has 106 valence electrons. The van der Waals surface area contributed by atoms with E-state index in [1.807, 2.05) is 7.05 Å². The quantitative estimate of drug-likeness (QED) is 0.906. The Balaban J connectivity index is 0.00000180. The Bertz CT molecular complexity index is 448. The normalized spacial score (nSPS) is 15.7. The van der Waals surface area contributed by atoms with E-state index < -0.39 is 0 Å². The van der Waals surface area contributed by atoms with Crippen molar-refractivity contribution < 1.29 is 4.79 Å². The van der Waals surface area contributed by atoms with Gasteiger partial charge in [0, 0.05) is 18.1 Å². The Morgan fingerprint density at radius 2 is 1.95 bits per heavy atom. The maximum absolute atomic E-state index is 12.4. The van der Waals surface area contributed by atoms with Crippen molar-refractivity contribution in [2.75, 3.05) is 20.1 Å². The van der Waals surface area contributed by atoms with E-state index in [2.05, 4.69) is 5.32 Å². The van der Waals surface area contributed by atoms with Crippen LogP contribution in [0.25, 0.3) is 0 Å². The van der Waals surface area contributed by atoms with Gasteiger partial charge in [0.2, 0.25) is 0 Å². The SMILES string of the molecule is CN(C(=O)c1cc(Cl)ccc1Cl)C1CCNCC1.Cl. The fraction of sp³-hybridized carbons (Fsp3) is 0.462. The second kappa shape index (κ2) is 7.34.